The topological polar surface area (TPSA) is 62.2 Å². The number of hydrogen-bond acceptors (Lipinski definition) is 3. The van der Waals surface area contributed by atoms with E-state index in [2.05, 4.69) is 10.3 Å². The summed E-state index contributed by atoms with van der Waals surface area (Å²) in [5.41, 5.74) is -0.925. The number of aliphatic carboxylic acids is 1. The van der Waals surface area contributed by atoms with Crippen molar-refractivity contribution in [2.45, 2.75) is 44.2 Å². The van der Waals surface area contributed by atoms with Crippen molar-refractivity contribution in [3.05, 3.63) is 29.8 Å². The fraction of sp³-hybridized carbons (Fsp3) is 0.538. The molecule has 0 spiro atoms. The Kier molecular flexibility index (Phi) is 3.61. The normalized spacial score (nSPS) is 19.7. The Hall–Kier alpha value is -1.49. The summed E-state index contributed by atoms with van der Waals surface area (Å²) in [5, 5.41) is 12.6. The highest BCUT2D eigenvalue weighted by Gasteiger charge is 2.39. The first-order valence-electron chi connectivity index (χ1n) is 6.15. The fourth-order valence-corrected chi connectivity index (χ4v) is 2.40. The first-order chi connectivity index (χ1) is 8.52. The van der Waals surface area contributed by atoms with Gasteiger partial charge in [0, 0.05) is 6.04 Å². The van der Waals surface area contributed by atoms with E-state index in [4.69, 9.17) is 0 Å². The lowest BCUT2D eigenvalue weighted by Gasteiger charge is -2.29. The van der Waals surface area contributed by atoms with Gasteiger partial charge < -0.3 is 5.11 Å². The zero-order chi connectivity index (χ0) is 13.2. The molecule has 1 aromatic heterocycles. The minimum absolute atomic E-state index is 0.193. The number of nitrogens with one attached hydrogen (secondary N) is 1. The van der Waals surface area contributed by atoms with E-state index in [0.29, 0.717) is 5.69 Å². The van der Waals surface area contributed by atoms with Gasteiger partial charge in [0.1, 0.15) is 5.82 Å². The molecular weight excluding hydrogens is 235 g/mol. The summed E-state index contributed by atoms with van der Waals surface area (Å²) in [5.74, 6) is -1.46. The van der Waals surface area contributed by atoms with Crippen molar-refractivity contribution in [3.8, 4) is 0 Å². The highest BCUT2D eigenvalue weighted by atomic mass is 19.1. The van der Waals surface area contributed by atoms with Crippen molar-refractivity contribution in [3.63, 3.8) is 0 Å². The molecule has 4 nitrogen and oxygen atoms in total. The molecule has 1 aliphatic carbocycles. The average Bonchev–Trinajstić information content (AvgIpc) is 2.82. The van der Waals surface area contributed by atoms with Crippen LogP contribution in [0.1, 0.15) is 38.3 Å². The summed E-state index contributed by atoms with van der Waals surface area (Å²) >= 11 is 0. The summed E-state index contributed by atoms with van der Waals surface area (Å²) in [4.78, 5) is 15.4. The zero-order valence-electron chi connectivity index (χ0n) is 10.3. The van der Waals surface area contributed by atoms with Crippen molar-refractivity contribution in [2.75, 3.05) is 0 Å². The molecule has 1 aliphatic rings. The minimum atomic E-state index is -1.26. The van der Waals surface area contributed by atoms with Crippen molar-refractivity contribution in [2.24, 2.45) is 0 Å². The second-order valence-corrected chi connectivity index (χ2v) is 4.92. The molecule has 0 bridgehead atoms. The lowest BCUT2D eigenvalue weighted by molar-refractivity contribution is -0.145. The number of carboxylic acid groups (broad SMARTS) is 1. The monoisotopic (exact) mass is 252 g/mol. The van der Waals surface area contributed by atoms with Gasteiger partial charge >= 0.3 is 5.97 Å². The molecule has 98 valence electrons. The molecule has 2 N–H and O–H groups in total. The van der Waals surface area contributed by atoms with Gasteiger partial charge in [0.2, 0.25) is 0 Å². The molecule has 1 heterocycles. The van der Waals surface area contributed by atoms with Gasteiger partial charge in [-0.15, -0.1) is 0 Å². The molecule has 2 rings (SSSR count). The van der Waals surface area contributed by atoms with E-state index in [1.807, 2.05) is 0 Å². The number of halogens is 1. The van der Waals surface area contributed by atoms with Crippen LogP contribution >= 0.6 is 0 Å². The largest absolute Gasteiger partial charge is 0.480 e. The highest BCUT2D eigenvalue weighted by molar-refractivity contribution is 5.79. The van der Waals surface area contributed by atoms with Crippen LogP contribution < -0.4 is 5.32 Å². The quantitative estimate of drug-likeness (QED) is 0.861. The third-order valence-electron chi connectivity index (χ3n) is 3.52. The maximum Gasteiger partial charge on any atom is 0.329 e. The molecule has 0 aromatic carbocycles. The zero-order valence-corrected chi connectivity index (χ0v) is 10.3. The second-order valence-electron chi connectivity index (χ2n) is 4.92. The van der Waals surface area contributed by atoms with Crippen LogP contribution in [0.15, 0.2) is 18.3 Å². The number of aromatic nitrogens is 1. The van der Waals surface area contributed by atoms with Gasteiger partial charge in [0.05, 0.1) is 11.9 Å². The molecule has 1 unspecified atom stereocenters. The minimum Gasteiger partial charge on any atom is -0.480 e. The van der Waals surface area contributed by atoms with Gasteiger partial charge in [-0.05, 0) is 31.9 Å². The summed E-state index contributed by atoms with van der Waals surface area (Å²) < 4.78 is 12.9. The molecule has 1 atom stereocenters. The van der Waals surface area contributed by atoms with E-state index < -0.39 is 17.3 Å². The Morgan fingerprint density at radius 3 is 2.67 bits per heavy atom. The van der Waals surface area contributed by atoms with Crippen LogP contribution in [0.2, 0.25) is 0 Å². The second kappa shape index (κ2) is 5.02. The predicted octanol–water partition coefficient (Wildman–Crippen LogP) is 2.05. The van der Waals surface area contributed by atoms with Gasteiger partial charge in [-0.2, -0.15) is 0 Å². The fourth-order valence-electron chi connectivity index (χ4n) is 2.40. The molecule has 0 saturated heterocycles. The van der Waals surface area contributed by atoms with E-state index >= 15 is 0 Å². The number of pyridine rings is 1. The van der Waals surface area contributed by atoms with E-state index in [9.17, 15) is 14.3 Å². The molecular formula is C13H17FN2O2. The number of carbonyl (C=O) groups is 1. The molecule has 1 saturated carbocycles. The molecule has 0 amide bonds. The summed E-state index contributed by atoms with van der Waals surface area (Å²) in [6.07, 6.45) is 5.23. The van der Waals surface area contributed by atoms with Crippen LogP contribution in [0, 0.1) is 5.82 Å². The number of nitrogens with zero attached hydrogens (tertiary/aromatic N) is 1. The average molecular weight is 252 g/mol. The Morgan fingerprint density at radius 1 is 1.50 bits per heavy atom. The van der Waals surface area contributed by atoms with Crippen molar-refractivity contribution >= 4 is 5.97 Å². The van der Waals surface area contributed by atoms with Crippen molar-refractivity contribution in [1.82, 2.24) is 10.3 Å². The molecule has 18 heavy (non-hydrogen) atoms. The standard InChI is InChI=1S/C13H17FN2O2/c1-13(12(17)18,16-10-4-2-3-5-10)11-7-6-9(14)8-15-11/h6-8,10,16H,2-5H2,1H3,(H,17,18). The Morgan fingerprint density at radius 2 is 2.17 bits per heavy atom. The molecule has 1 aromatic rings. The van der Waals surface area contributed by atoms with E-state index in [1.165, 1.54) is 12.1 Å². The van der Waals surface area contributed by atoms with Crippen LogP contribution in [0.5, 0.6) is 0 Å². The van der Waals surface area contributed by atoms with Crippen molar-refractivity contribution in [1.29, 1.82) is 0 Å². The highest BCUT2D eigenvalue weighted by Crippen LogP contribution is 2.25. The van der Waals surface area contributed by atoms with Crippen LogP contribution in [-0.2, 0) is 10.3 Å². The lowest BCUT2D eigenvalue weighted by Crippen LogP contribution is -2.51. The number of carboxylic acids is 1. The molecule has 0 aliphatic heterocycles. The third kappa shape index (κ3) is 2.51. The van der Waals surface area contributed by atoms with Gasteiger partial charge in [-0.1, -0.05) is 12.8 Å². The van der Waals surface area contributed by atoms with E-state index in [1.54, 1.807) is 6.92 Å². The maximum atomic E-state index is 12.9. The SMILES string of the molecule is CC(NC1CCCC1)(C(=O)O)c1ccc(F)cn1. The predicted molar refractivity (Wildman–Crippen MR) is 64.6 cm³/mol. The van der Waals surface area contributed by atoms with E-state index in [-0.39, 0.29) is 6.04 Å². The van der Waals surface area contributed by atoms with Gasteiger partial charge in [-0.25, -0.2) is 9.18 Å². The third-order valence-corrected chi connectivity index (χ3v) is 3.52. The first-order valence-corrected chi connectivity index (χ1v) is 6.15. The summed E-state index contributed by atoms with van der Waals surface area (Å²) in [6, 6.07) is 2.85. The van der Waals surface area contributed by atoms with Crippen LogP contribution in [0.3, 0.4) is 0 Å². The van der Waals surface area contributed by atoms with Crippen molar-refractivity contribution < 1.29 is 14.3 Å². The van der Waals surface area contributed by atoms with Crippen LogP contribution in [-0.4, -0.2) is 22.1 Å². The number of hydrogen-bond donors (Lipinski definition) is 2. The number of rotatable bonds is 4. The smallest absolute Gasteiger partial charge is 0.329 e. The van der Waals surface area contributed by atoms with Gasteiger partial charge in [0.25, 0.3) is 0 Å². The Balaban J connectivity index is 2.25. The molecule has 0 radical (unpaired) electrons. The lowest BCUT2D eigenvalue weighted by atomic mass is 9.95. The molecule has 1 fully saturated rings. The van der Waals surface area contributed by atoms with E-state index in [0.717, 1.165) is 31.9 Å². The van der Waals surface area contributed by atoms with Gasteiger partial charge in [-0.3, -0.25) is 10.3 Å². The van der Waals surface area contributed by atoms with Gasteiger partial charge in [0.15, 0.2) is 5.54 Å². The summed E-state index contributed by atoms with van der Waals surface area (Å²) in [6.45, 7) is 1.58. The Bertz CT molecular complexity index is 429. The van der Waals surface area contributed by atoms with Crippen LogP contribution in [0.25, 0.3) is 0 Å². The van der Waals surface area contributed by atoms with Crippen LogP contribution in [0.4, 0.5) is 4.39 Å². The summed E-state index contributed by atoms with van der Waals surface area (Å²) in [7, 11) is 0. The maximum absolute atomic E-state index is 12.9. The molecule has 5 heteroatoms. The first kappa shape index (κ1) is 13.0. The Labute approximate surface area is 105 Å².